The highest BCUT2D eigenvalue weighted by atomic mass is 35.5. The lowest BCUT2D eigenvalue weighted by Gasteiger charge is -2.08. The first-order valence-electron chi connectivity index (χ1n) is 9.79. The van der Waals surface area contributed by atoms with E-state index in [1.54, 1.807) is 42.5 Å². The Morgan fingerprint density at radius 2 is 1.94 bits per heavy atom. The minimum Gasteiger partial charge on any atom is -0.507 e. The zero-order chi connectivity index (χ0) is 23.8. The lowest BCUT2D eigenvalue weighted by atomic mass is 10.1. The van der Waals surface area contributed by atoms with Gasteiger partial charge in [-0.3, -0.25) is 10.1 Å². The molecule has 3 N–H and O–H groups in total. The van der Waals surface area contributed by atoms with Crippen LogP contribution in [0, 0.1) is 10.1 Å². The topological polar surface area (TPSA) is 157 Å². The molecule has 0 fully saturated rings. The van der Waals surface area contributed by atoms with Crippen LogP contribution in [-0.4, -0.2) is 24.6 Å². The molecule has 168 valence electrons. The summed E-state index contributed by atoms with van der Waals surface area (Å²) in [6, 6.07) is 15.8. The molecule has 0 atom stereocenters. The van der Waals surface area contributed by atoms with Crippen LogP contribution in [-0.2, 0) is 0 Å². The Bertz CT molecular complexity index is 1580. The summed E-state index contributed by atoms with van der Waals surface area (Å²) in [5.41, 5.74) is 8.01. The number of para-hydroxylation sites is 1. The quantitative estimate of drug-likeness (QED) is 0.181. The van der Waals surface area contributed by atoms with E-state index >= 15 is 0 Å². The van der Waals surface area contributed by atoms with E-state index in [0.717, 1.165) is 0 Å². The first kappa shape index (κ1) is 21.1. The number of anilines is 1. The van der Waals surface area contributed by atoms with Gasteiger partial charge in [0.2, 0.25) is 0 Å². The van der Waals surface area contributed by atoms with Crippen molar-refractivity contribution in [3.05, 3.63) is 82.1 Å². The zero-order valence-electron chi connectivity index (χ0n) is 17.2. The Labute approximate surface area is 195 Å². The van der Waals surface area contributed by atoms with Crippen LogP contribution in [0.25, 0.3) is 28.4 Å². The molecule has 11 nitrogen and oxygen atoms in total. The standard InChI is InChI=1S/C22H14ClN7O4/c23-14-10-12(30(32)33)7-8-15(14)26-27-20-21(24)28-29-17(19-6-3-9-34-19)11-16(25-22(20)29)13-4-1-2-5-18(13)31/h1-11,31H,(H2,24,28). The van der Waals surface area contributed by atoms with Gasteiger partial charge >= 0.3 is 0 Å². The highest BCUT2D eigenvalue weighted by Crippen LogP contribution is 2.37. The number of phenolic OH excluding ortho intramolecular Hbond substituents is 1. The van der Waals surface area contributed by atoms with Gasteiger partial charge in [0.05, 0.1) is 21.9 Å². The summed E-state index contributed by atoms with van der Waals surface area (Å²) in [6.45, 7) is 0. The number of aromatic nitrogens is 3. The fourth-order valence-corrected chi connectivity index (χ4v) is 3.55. The minimum absolute atomic E-state index is 0.0384. The van der Waals surface area contributed by atoms with Gasteiger partial charge in [-0.2, -0.15) is 0 Å². The number of aromatic hydroxyl groups is 1. The summed E-state index contributed by atoms with van der Waals surface area (Å²) in [7, 11) is 0. The van der Waals surface area contributed by atoms with Crippen LogP contribution in [0.2, 0.25) is 5.02 Å². The number of halogens is 1. The molecule has 0 unspecified atom stereocenters. The Morgan fingerprint density at radius 3 is 2.65 bits per heavy atom. The zero-order valence-corrected chi connectivity index (χ0v) is 17.9. The maximum atomic E-state index is 10.9. The van der Waals surface area contributed by atoms with Crippen LogP contribution in [0.5, 0.6) is 5.75 Å². The molecule has 0 saturated carbocycles. The summed E-state index contributed by atoms with van der Waals surface area (Å²) in [6.07, 6.45) is 1.52. The predicted octanol–water partition coefficient (Wildman–Crippen LogP) is 5.92. The number of nitrogens with zero attached hydrogens (tertiary/aromatic N) is 6. The number of phenols is 1. The summed E-state index contributed by atoms with van der Waals surface area (Å²) in [5.74, 6) is 0.572. The molecule has 12 heteroatoms. The van der Waals surface area contributed by atoms with Crippen molar-refractivity contribution in [1.29, 1.82) is 0 Å². The molecule has 5 rings (SSSR count). The number of hydrogen-bond donors (Lipinski definition) is 2. The third-order valence-electron chi connectivity index (χ3n) is 4.94. The Morgan fingerprint density at radius 1 is 1.12 bits per heavy atom. The van der Waals surface area contributed by atoms with Crippen LogP contribution in [0.15, 0.2) is 81.6 Å². The van der Waals surface area contributed by atoms with Crippen molar-refractivity contribution in [1.82, 2.24) is 14.6 Å². The predicted molar refractivity (Wildman–Crippen MR) is 124 cm³/mol. The Balaban J connectivity index is 1.69. The van der Waals surface area contributed by atoms with Crippen molar-refractivity contribution in [2.24, 2.45) is 10.2 Å². The van der Waals surface area contributed by atoms with Crippen molar-refractivity contribution in [3.63, 3.8) is 0 Å². The molecule has 0 aliphatic carbocycles. The fraction of sp³-hybridized carbons (Fsp3) is 0. The van der Waals surface area contributed by atoms with Gasteiger partial charge in [0.25, 0.3) is 5.69 Å². The summed E-state index contributed by atoms with van der Waals surface area (Å²) < 4.78 is 7.02. The second kappa shape index (κ2) is 8.30. The summed E-state index contributed by atoms with van der Waals surface area (Å²) in [4.78, 5) is 15.0. The van der Waals surface area contributed by atoms with Gasteiger partial charge in [-0.05, 0) is 36.4 Å². The molecule has 3 aromatic heterocycles. The largest absolute Gasteiger partial charge is 0.507 e. The maximum Gasteiger partial charge on any atom is 0.271 e. The normalized spacial score (nSPS) is 11.4. The second-order valence-corrected chi connectivity index (χ2v) is 7.49. The number of nitrogens with two attached hydrogens (primary N) is 1. The number of benzene rings is 2. The number of fused-ring (bicyclic) bond motifs is 1. The first-order valence-corrected chi connectivity index (χ1v) is 10.2. The van der Waals surface area contributed by atoms with Gasteiger partial charge in [-0.1, -0.05) is 23.7 Å². The van der Waals surface area contributed by atoms with Crippen molar-refractivity contribution in [2.75, 3.05) is 5.73 Å². The Hall–Kier alpha value is -4.77. The van der Waals surface area contributed by atoms with Crippen molar-refractivity contribution < 1.29 is 14.4 Å². The van der Waals surface area contributed by atoms with Crippen LogP contribution in [0.1, 0.15) is 0 Å². The third-order valence-corrected chi connectivity index (χ3v) is 5.25. The summed E-state index contributed by atoms with van der Waals surface area (Å²) in [5, 5.41) is 34.0. The van der Waals surface area contributed by atoms with Crippen LogP contribution in [0.4, 0.5) is 22.9 Å². The lowest BCUT2D eigenvalue weighted by molar-refractivity contribution is -0.384. The van der Waals surface area contributed by atoms with E-state index in [9.17, 15) is 15.2 Å². The van der Waals surface area contributed by atoms with E-state index in [1.165, 1.54) is 29.0 Å². The Kier molecular flexibility index (Phi) is 5.15. The van der Waals surface area contributed by atoms with Gasteiger partial charge in [0.1, 0.15) is 17.1 Å². The molecule has 0 aliphatic heterocycles. The number of hydrogen-bond acceptors (Lipinski definition) is 9. The van der Waals surface area contributed by atoms with Crippen molar-refractivity contribution in [2.45, 2.75) is 0 Å². The van der Waals surface area contributed by atoms with Crippen LogP contribution >= 0.6 is 11.6 Å². The molecular weight excluding hydrogens is 462 g/mol. The van der Waals surface area contributed by atoms with Gasteiger partial charge in [0, 0.05) is 17.7 Å². The molecule has 0 spiro atoms. The molecule has 34 heavy (non-hydrogen) atoms. The second-order valence-electron chi connectivity index (χ2n) is 7.08. The van der Waals surface area contributed by atoms with Crippen LogP contribution in [0.3, 0.4) is 0 Å². The van der Waals surface area contributed by atoms with Gasteiger partial charge in [-0.25, -0.2) is 9.50 Å². The third kappa shape index (κ3) is 3.69. The molecule has 0 radical (unpaired) electrons. The molecule has 5 aromatic rings. The number of nitro benzene ring substituents is 1. The van der Waals surface area contributed by atoms with E-state index in [-0.39, 0.29) is 39.3 Å². The van der Waals surface area contributed by atoms with Crippen LogP contribution < -0.4 is 5.73 Å². The number of nitrogen functional groups attached to an aromatic ring is 1. The highest BCUT2D eigenvalue weighted by molar-refractivity contribution is 6.33. The van der Waals surface area contributed by atoms with Gasteiger partial charge < -0.3 is 15.3 Å². The lowest BCUT2D eigenvalue weighted by Crippen LogP contribution is -1.98. The van der Waals surface area contributed by atoms with Crippen molar-refractivity contribution >= 4 is 40.1 Å². The molecule has 0 amide bonds. The molecule has 0 saturated heterocycles. The number of furan rings is 1. The van der Waals surface area contributed by atoms with E-state index in [2.05, 4.69) is 20.3 Å². The van der Waals surface area contributed by atoms with Gasteiger partial charge in [-0.15, -0.1) is 15.3 Å². The average Bonchev–Trinajstić information content (AvgIpc) is 3.46. The molecule has 0 aliphatic rings. The average molecular weight is 476 g/mol. The number of nitro groups is 1. The van der Waals surface area contributed by atoms with E-state index in [4.69, 9.17) is 21.8 Å². The van der Waals surface area contributed by atoms with Crippen molar-refractivity contribution in [3.8, 4) is 28.5 Å². The van der Waals surface area contributed by atoms with E-state index < -0.39 is 4.92 Å². The fourth-order valence-electron chi connectivity index (χ4n) is 3.34. The molecule has 3 heterocycles. The monoisotopic (exact) mass is 475 g/mol. The minimum atomic E-state index is -0.559. The smallest absolute Gasteiger partial charge is 0.271 e. The van der Waals surface area contributed by atoms with E-state index in [1.807, 2.05) is 0 Å². The molecular formula is C22H14ClN7O4. The SMILES string of the molecule is Nc1nn2c(-c3ccco3)cc(-c3ccccc3O)nc2c1N=Nc1ccc([N+](=O)[O-])cc1Cl. The number of rotatable bonds is 5. The van der Waals surface area contributed by atoms with E-state index in [0.29, 0.717) is 22.7 Å². The number of non-ortho nitro benzene ring substituents is 1. The molecule has 0 bridgehead atoms. The number of azo groups is 1. The van der Waals surface area contributed by atoms with Gasteiger partial charge in [0.15, 0.2) is 22.9 Å². The molecule has 2 aromatic carbocycles. The summed E-state index contributed by atoms with van der Waals surface area (Å²) >= 11 is 6.12. The highest BCUT2D eigenvalue weighted by Gasteiger charge is 2.20. The maximum absolute atomic E-state index is 10.9. The first-order chi connectivity index (χ1) is 16.4.